The van der Waals surface area contributed by atoms with Gasteiger partial charge in [0.25, 0.3) is 0 Å². The summed E-state index contributed by atoms with van der Waals surface area (Å²) < 4.78 is 5.79. The normalized spacial score (nSPS) is 24.5. The van der Waals surface area contributed by atoms with Gasteiger partial charge in [-0.1, -0.05) is 30.2 Å². The number of nitrogens with zero attached hydrogens (tertiary/aromatic N) is 2. The van der Waals surface area contributed by atoms with E-state index in [2.05, 4.69) is 29.0 Å². The fourth-order valence-corrected chi connectivity index (χ4v) is 5.06. The highest BCUT2D eigenvalue weighted by Crippen LogP contribution is 2.45. The van der Waals surface area contributed by atoms with E-state index >= 15 is 0 Å². The van der Waals surface area contributed by atoms with Gasteiger partial charge in [-0.25, -0.2) is 4.98 Å². The van der Waals surface area contributed by atoms with Crippen LogP contribution in [0.2, 0.25) is 5.02 Å². The lowest BCUT2D eigenvalue weighted by atomic mass is 9.64. The molecule has 4 rings (SSSR count). The Morgan fingerprint density at radius 1 is 1.29 bits per heavy atom. The fourth-order valence-electron chi connectivity index (χ4n) is 4.24. The maximum Gasteiger partial charge on any atom is 0.236 e. The Balaban J connectivity index is 1.42. The predicted octanol–water partition coefficient (Wildman–Crippen LogP) is 4.47. The number of anilines is 1. The SMILES string of the molecule is CC1CN(Cc2csc(NC(=O)C3(c4ccc(Cl)cc4)CCC3)n2)CC(C)O1. The first-order valence-corrected chi connectivity index (χ1v) is 11.1. The summed E-state index contributed by atoms with van der Waals surface area (Å²) in [6.45, 7) is 6.80. The summed E-state index contributed by atoms with van der Waals surface area (Å²) in [6.07, 6.45) is 3.26. The van der Waals surface area contributed by atoms with Crippen LogP contribution in [-0.4, -0.2) is 41.1 Å². The first-order valence-electron chi connectivity index (χ1n) is 9.84. The van der Waals surface area contributed by atoms with Crippen molar-refractivity contribution in [1.82, 2.24) is 9.88 Å². The Labute approximate surface area is 175 Å². The van der Waals surface area contributed by atoms with Crippen LogP contribution < -0.4 is 5.32 Å². The Bertz CT molecular complexity index is 824. The number of benzene rings is 1. The Morgan fingerprint density at radius 2 is 1.96 bits per heavy atom. The van der Waals surface area contributed by atoms with Crippen LogP contribution in [0.15, 0.2) is 29.6 Å². The number of nitrogens with one attached hydrogen (secondary N) is 1. The van der Waals surface area contributed by atoms with Crippen molar-refractivity contribution in [3.05, 3.63) is 45.9 Å². The molecular weight excluding hydrogens is 394 g/mol. The van der Waals surface area contributed by atoms with Crippen LogP contribution in [0, 0.1) is 0 Å². The number of carbonyl (C=O) groups excluding carboxylic acids is 1. The number of hydrogen-bond acceptors (Lipinski definition) is 5. The van der Waals surface area contributed by atoms with E-state index in [1.54, 1.807) is 0 Å². The van der Waals surface area contributed by atoms with Gasteiger partial charge < -0.3 is 10.1 Å². The second-order valence-electron chi connectivity index (χ2n) is 7.99. The highest BCUT2D eigenvalue weighted by atomic mass is 35.5. The van der Waals surface area contributed by atoms with Crippen LogP contribution in [0.1, 0.15) is 44.4 Å². The number of rotatable bonds is 5. The third-order valence-electron chi connectivity index (χ3n) is 5.69. The lowest BCUT2D eigenvalue weighted by Crippen LogP contribution is -2.46. The molecule has 1 saturated carbocycles. The number of hydrogen-bond donors (Lipinski definition) is 1. The van der Waals surface area contributed by atoms with Gasteiger partial charge in [-0.3, -0.25) is 9.69 Å². The maximum absolute atomic E-state index is 13.1. The number of thiazole rings is 1. The molecule has 150 valence electrons. The van der Waals surface area contributed by atoms with Crippen molar-refractivity contribution in [1.29, 1.82) is 0 Å². The first-order chi connectivity index (χ1) is 13.4. The quantitative estimate of drug-likeness (QED) is 0.777. The highest BCUT2D eigenvalue weighted by molar-refractivity contribution is 7.13. The molecule has 2 heterocycles. The third kappa shape index (κ3) is 4.10. The fraction of sp³-hybridized carbons (Fsp3) is 0.524. The Morgan fingerprint density at radius 3 is 2.57 bits per heavy atom. The average molecular weight is 420 g/mol. The van der Waals surface area contributed by atoms with Gasteiger partial charge in [-0.15, -0.1) is 11.3 Å². The molecule has 1 aromatic carbocycles. The molecule has 2 atom stereocenters. The highest BCUT2D eigenvalue weighted by Gasteiger charge is 2.45. The molecule has 2 aromatic rings. The summed E-state index contributed by atoms with van der Waals surface area (Å²) in [6, 6.07) is 7.65. The largest absolute Gasteiger partial charge is 0.373 e. The minimum atomic E-state index is -0.453. The van der Waals surface area contributed by atoms with E-state index in [0.717, 1.165) is 50.2 Å². The van der Waals surface area contributed by atoms with E-state index in [1.807, 2.05) is 29.6 Å². The second-order valence-corrected chi connectivity index (χ2v) is 9.29. The topological polar surface area (TPSA) is 54.5 Å². The van der Waals surface area contributed by atoms with Gasteiger partial charge in [0, 0.05) is 30.0 Å². The Hall–Kier alpha value is -1.47. The number of ether oxygens (including phenoxy) is 1. The zero-order chi connectivity index (χ0) is 19.7. The summed E-state index contributed by atoms with van der Waals surface area (Å²) in [5, 5.41) is 6.47. The van der Waals surface area contributed by atoms with Crippen molar-refractivity contribution in [2.75, 3.05) is 18.4 Å². The molecule has 2 aliphatic rings. The van der Waals surface area contributed by atoms with E-state index in [9.17, 15) is 4.79 Å². The van der Waals surface area contributed by atoms with Crippen molar-refractivity contribution >= 4 is 34.0 Å². The minimum Gasteiger partial charge on any atom is -0.373 e. The lowest BCUT2D eigenvalue weighted by molar-refractivity contribution is -0.124. The second kappa shape index (κ2) is 8.11. The number of amides is 1. The van der Waals surface area contributed by atoms with Crippen LogP contribution in [0.5, 0.6) is 0 Å². The molecule has 28 heavy (non-hydrogen) atoms. The molecule has 1 aliphatic heterocycles. The molecule has 1 aliphatic carbocycles. The molecule has 1 aromatic heterocycles. The number of aromatic nitrogens is 1. The minimum absolute atomic E-state index is 0.0376. The van der Waals surface area contributed by atoms with Crippen LogP contribution in [0.25, 0.3) is 0 Å². The monoisotopic (exact) mass is 419 g/mol. The van der Waals surface area contributed by atoms with Crippen molar-refractivity contribution in [3.8, 4) is 0 Å². The molecule has 2 fully saturated rings. The zero-order valence-corrected chi connectivity index (χ0v) is 17.9. The summed E-state index contributed by atoms with van der Waals surface area (Å²) in [5.41, 5.74) is 1.58. The van der Waals surface area contributed by atoms with E-state index in [-0.39, 0.29) is 18.1 Å². The number of morpholine rings is 1. The molecule has 1 N–H and O–H groups in total. The summed E-state index contributed by atoms with van der Waals surface area (Å²) >= 11 is 7.51. The van der Waals surface area contributed by atoms with E-state index < -0.39 is 5.41 Å². The van der Waals surface area contributed by atoms with Gasteiger partial charge in [0.2, 0.25) is 5.91 Å². The first kappa shape index (κ1) is 19.8. The van der Waals surface area contributed by atoms with E-state index in [4.69, 9.17) is 16.3 Å². The summed E-state index contributed by atoms with van der Waals surface area (Å²) in [7, 11) is 0. The van der Waals surface area contributed by atoms with Crippen LogP contribution in [-0.2, 0) is 21.5 Å². The van der Waals surface area contributed by atoms with Crippen molar-refractivity contribution < 1.29 is 9.53 Å². The number of halogens is 1. The smallest absolute Gasteiger partial charge is 0.236 e. The van der Waals surface area contributed by atoms with E-state index in [1.165, 1.54) is 11.3 Å². The third-order valence-corrected chi connectivity index (χ3v) is 6.75. The molecular formula is C21H26ClN3O2S. The van der Waals surface area contributed by atoms with Gasteiger partial charge in [-0.2, -0.15) is 0 Å². The van der Waals surface area contributed by atoms with Crippen molar-refractivity contribution in [2.45, 2.75) is 57.3 Å². The maximum atomic E-state index is 13.1. The molecule has 1 amide bonds. The van der Waals surface area contributed by atoms with Gasteiger partial charge in [0.05, 0.1) is 23.3 Å². The van der Waals surface area contributed by atoms with Crippen molar-refractivity contribution in [3.63, 3.8) is 0 Å². The van der Waals surface area contributed by atoms with Crippen molar-refractivity contribution in [2.24, 2.45) is 0 Å². The Kier molecular flexibility index (Phi) is 5.74. The lowest BCUT2D eigenvalue weighted by Gasteiger charge is -2.40. The van der Waals surface area contributed by atoms with E-state index in [0.29, 0.717) is 10.2 Å². The van der Waals surface area contributed by atoms with Gasteiger partial charge in [0.1, 0.15) is 0 Å². The average Bonchev–Trinajstić information content (AvgIpc) is 3.01. The summed E-state index contributed by atoms with van der Waals surface area (Å²) in [4.78, 5) is 20.1. The summed E-state index contributed by atoms with van der Waals surface area (Å²) in [5.74, 6) is 0.0376. The molecule has 0 bridgehead atoms. The molecule has 2 unspecified atom stereocenters. The number of carbonyl (C=O) groups is 1. The standard InChI is InChI=1S/C21H26ClN3O2S/c1-14-10-25(11-15(2)27-14)12-18-13-28-20(23-18)24-19(26)21(8-3-9-21)16-4-6-17(22)7-5-16/h4-7,13-15H,3,8-12H2,1-2H3,(H,23,24,26). The zero-order valence-electron chi connectivity index (χ0n) is 16.3. The van der Waals surface area contributed by atoms with Crippen LogP contribution in [0.4, 0.5) is 5.13 Å². The predicted molar refractivity (Wildman–Crippen MR) is 113 cm³/mol. The van der Waals surface area contributed by atoms with Gasteiger partial charge in [-0.05, 0) is 44.4 Å². The van der Waals surface area contributed by atoms with Crippen LogP contribution >= 0.6 is 22.9 Å². The molecule has 5 nitrogen and oxygen atoms in total. The van der Waals surface area contributed by atoms with Gasteiger partial charge >= 0.3 is 0 Å². The van der Waals surface area contributed by atoms with Crippen LogP contribution in [0.3, 0.4) is 0 Å². The molecule has 7 heteroatoms. The molecule has 0 radical (unpaired) electrons. The molecule has 1 saturated heterocycles. The molecule has 0 spiro atoms. The van der Waals surface area contributed by atoms with Gasteiger partial charge in [0.15, 0.2) is 5.13 Å².